The van der Waals surface area contributed by atoms with Crippen molar-refractivity contribution in [2.75, 3.05) is 5.32 Å². The van der Waals surface area contributed by atoms with Crippen molar-refractivity contribution in [3.05, 3.63) is 76.4 Å². The molecule has 0 saturated heterocycles. The number of hydrogen-bond donors (Lipinski definition) is 1. The highest BCUT2D eigenvalue weighted by Gasteiger charge is 2.08. The highest BCUT2D eigenvalue weighted by molar-refractivity contribution is 5.61. The van der Waals surface area contributed by atoms with Crippen LogP contribution in [0.4, 0.5) is 17.3 Å². The van der Waals surface area contributed by atoms with Gasteiger partial charge in [0, 0.05) is 30.1 Å². The molecule has 3 rings (SSSR count). The first kappa shape index (κ1) is 14.4. The largest absolute Gasteiger partial charge is 0.619 e. The van der Waals surface area contributed by atoms with Gasteiger partial charge in [-0.25, -0.2) is 9.97 Å². The van der Waals surface area contributed by atoms with Crippen molar-refractivity contribution in [3.8, 4) is 11.3 Å². The minimum Gasteiger partial charge on any atom is -0.619 e. The maximum atomic E-state index is 11.3. The minimum atomic E-state index is -0.473. The van der Waals surface area contributed by atoms with E-state index in [-0.39, 0.29) is 11.6 Å². The quantitative estimate of drug-likeness (QED) is 0.343. The lowest BCUT2D eigenvalue weighted by Gasteiger charge is -2.06. The highest BCUT2D eigenvalue weighted by atomic mass is 16.6. The highest BCUT2D eigenvalue weighted by Crippen LogP contribution is 2.21. The number of nitrogens with zero attached hydrogens (tertiary/aromatic N) is 4. The van der Waals surface area contributed by atoms with E-state index in [9.17, 15) is 15.3 Å². The van der Waals surface area contributed by atoms with E-state index in [1.54, 1.807) is 36.5 Å². The maximum Gasteiger partial charge on any atom is 0.271 e. The zero-order valence-corrected chi connectivity index (χ0v) is 11.8. The van der Waals surface area contributed by atoms with Gasteiger partial charge in [-0.05, 0) is 18.2 Å². The Labute approximate surface area is 130 Å². The second kappa shape index (κ2) is 6.06. The van der Waals surface area contributed by atoms with Crippen LogP contribution in [0, 0.1) is 15.3 Å². The van der Waals surface area contributed by atoms with Gasteiger partial charge in [0.05, 0.1) is 16.2 Å². The first-order valence-corrected chi connectivity index (χ1v) is 6.65. The third kappa shape index (κ3) is 3.38. The number of pyridine rings is 1. The molecule has 0 aliphatic heterocycles. The molecular weight excluding hydrogens is 298 g/mol. The van der Waals surface area contributed by atoms with E-state index in [0.717, 1.165) is 0 Å². The van der Waals surface area contributed by atoms with Crippen LogP contribution < -0.4 is 10.0 Å². The zero-order chi connectivity index (χ0) is 16.2. The summed E-state index contributed by atoms with van der Waals surface area (Å²) >= 11 is 0. The first-order valence-electron chi connectivity index (χ1n) is 6.65. The molecule has 0 radical (unpaired) electrons. The summed E-state index contributed by atoms with van der Waals surface area (Å²) in [5, 5.41) is 25.0. The number of aromatic nitrogens is 3. The van der Waals surface area contributed by atoms with Gasteiger partial charge in [-0.3, -0.25) is 10.1 Å². The number of nitro benzene ring substituents is 1. The van der Waals surface area contributed by atoms with E-state index in [1.165, 1.54) is 24.5 Å². The lowest BCUT2D eigenvalue weighted by molar-refractivity contribution is -0.604. The Balaban J connectivity index is 1.88. The van der Waals surface area contributed by atoms with Crippen LogP contribution in [0.15, 0.2) is 61.1 Å². The molecule has 0 unspecified atom stereocenters. The molecule has 0 aliphatic carbocycles. The first-order chi connectivity index (χ1) is 11.1. The topological polar surface area (TPSA) is 108 Å². The average Bonchev–Trinajstić information content (AvgIpc) is 2.55. The molecule has 8 nitrogen and oxygen atoms in total. The van der Waals surface area contributed by atoms with Gasteiger partial charge < -0.3 is 10.5 Å². The molecule has 23 heavy (non-hydrogen) atoms. The van der Waals surface area contributed by atoms with Crippen LogP contribution in [-0.4, -0.2) is 14.9 Å². The Bertz CT molecular complexity index is 869. The van der Waals surface area contributed by atoms with Crippen molar-refractivity contribution in [1.82, 2.24) is 9.97 Å². The standard InChI is InChI=1S/C15H11N5O3/c21-19-8-2-3-11(10-19)14-6-7-16-15(18-14)17-12-4-1-5-13(9-12)20(22)23/h1-10H,(H,16,17,18). The van der Waals surface area contributed by atoms with Crippen molar-refractivity contribution in [1.29, 1.82) is 0 Å². The maximum absolute atomic E-state index is 11.3. The molecule has 3 aromatic rings. The van der Waals surface area contributed by atoms with E-state index in [4.69, 9.17) is 0 Å². The molecular formula is C15H11N5O3. The third-order valence-electron chi connectivity index (χ3n) is 3.04. The van der Waals surface area contributed by atoms with Gasteiger partial charge in [0.2, 0.25) is 5.95 Å². The van der Waals surface area contributed by atoms with Gasteiger partial charge in [0.25, 0.3) is 5.69 Å². The van der Waals surface area contributed by atoms with Crippen molar-refractivity contribution in [2.24, 2.45) is 0 Å². The Hall–Kier alpha value is -3.55. The molecule has 0 atom stereocenters. The monoisotopic (exact) mass is 309 g/mol. The second-order valence-electron chi connectivity index (χ2n) is 4.65. The fraction of sp³-hybridized carbons (Fsp3) is 0. The van der Waals surface area contributed by atoms with Crippen LogP contribution in [-0.2, 0) is 0 Å². The van der Waals surface area contributed by atoms with Crippen LogP contribution in [0.5, 0.6) is 0 Å². The van der Waals surface area contributed by atoms with Gasteiger partial charge in [0.1, 0.15) is 0 Å². The van der Waals surface area contributed by atoms with E-state index >= 15 is 0 Å². The van der Waals surface area contributed by atoms with Gasteiger partial charge in [-0.2, -0.15) is 4.73 Å². The summed E-state index contributed by atoms with van der Waals surface area (Å²) in [5.74, 6) is 0.282. The van der Waals surface area contributed by atoms with Crippen LogP contribution >= 0.6 is 0 Å². The van der Waals surface area contributed by atoms with Crippen LogP contribution in [0.1, 0.15) is 0 Å². The van der Waals surface area contributed by atoms with Crippen LogP contribution in [0.3, 0.4) is 0 Å². The van der Waals surface area contributed by atoms with Crippen molar-refractivity contribution in [3.63, 3.8) is 0 Å². The number of non-ortho nitro benzene ring substituents is 1. The van der Waals surface area contributed by atoms with Gasteiger partial charge in [-0.15, -0.1) is 0 Å². The number of rotatable bonds is 4. The fourth-order valence-corrected chi connectivity index (χ4v) is 2.01. The Morgan fingerprint density at radius 3 is 2.83 bits per heavy atom. The Morgan fingerprint density at radius 2 is 2.04 bits per heavy atom. The van der Waals surface area contributed by atoms with Crippen LogP contribution in [0.2, 0.25) is 0 Å². The predicted octanol–water partition coefficient (Wildman–Crippen LogP) is 2.43. The number of nitro groups is 1. The van der Waals surface area contributed by atoms with Gasteiger partial charge in [0.15, 0.2) is 12.4 Å². The molecule has 0 bridgehead atoms. The summed E-state index contributed by atoms with van der Waals surface area (Å²) in [7, 11) is 0. The SMILES string of the molecule is O=[N+]([O-])c1cccc(Nc2nccc(-c3ccc[n+]([O-])c3)n2)c1. The zero-order valence-electron chi connectivity index (χ0n) is 11.8. The molecule has 2 aromatic heterocycles. The summed E-state index contributed by atoms with van der Waals surface area (Å²) in [4.78, 5) is 18.7. The number of benzene rings is 1. The van der Waals surface area contributed by atoms with Crippen molar-refractivity contribution in [2.45, 2.75) is 0 Å². The molecule has 1 N–H and O–H groups in total. The van der Waals surface area contributed by atoms with E-state index in [2.05, 4.69) is 15.3 Å². The molecule has 0 saturated carbocycles. The molecule has 0 amide bonds. The molecule has 0 aliphatic rings. The van der Waals surface area contributed by atoms with Crippen molar-refractivity contribution >= 4 is 17.3 Å². The van der Waals surface area contributed by atoms with Crippen molar-refractivity contribution < 1.29 is 9.65 Å². The molecule has 0 fully saturated rings. The number of nitrogens with one attached hydrogen (secondary N) is 1. The smallest absolute Gasteiger partial charge is 0.271 e. The molecule has 2 heterocycles. The second-order valence-corrected chi connectivity index (χ2v) is 4.65. The molecule has 8 heteroatoms. The summed E-state index contributed by atoms with van der Waals surface area (Å²) in [5.41, 5.74) is 1.69. The number of hydrogen-bond acceptors (Lipinski definition) is 6. The summed E-state index contributed by atoms with van der Waals surface area (Å²) < 4.78 is 0.686. The lowest BCUT2D eigenvalue weighted by atomic mass is 10.2. The van der Waals surface area contributed by atoms with E-state index < -0.39 is 4.92 Å². The molecule has 0 spiro atoms. The minimum absolute atomic E-state index is 0.0263. The summed E-state index contributed by atoms with van der Waals surface area (Å²) in [6.07, 6.45) is 4.33. The van der Waals surface area contributed by atoms with Gasteiger partial charge in [-0.1, -0.05) is 6.07 Å². The van der Waals surface area contributed by atoms with Crippen LogP contribution in [0.25, 0.3) is 11.3 Å². The lowest BCUT2D eigenvalue weighted by Crippen LogP contribution is -2.24. The number of anilines is 2. The third-order valence-corrected chi connectivity index (χ3v) is 3.04. The van der Waals surface area contributed by atoms with Gasteiger partial charge >= 0.3 is 0 Å². The molecule has 114 valence electrons. The average molecular weight is 309 g/mol. The molecule has 1 aromatic carbocycles. The normalized spacial score (nSPS) is 10.3. The summed E-state index contributed by atoms with van der Waals surface area (Å²) in [6, 6.07) is 11.1. The van der Waals surface area contributed by atoms with E-state index in [1.807, 2.05) is 0 Å². The predicted molar refractivity (Wildman–Crippen MR) is 82.8 cm³/mol. The van der Waals surface area contributed by atoms with E-state index in [0.29, 0.717) is 21.7 Å². The summed E-state index contributed by atoms with van der Waals surface area (Å²) in [6.45, 7) is 0. The Kier molecular flexibility index (Phi) is 3.79. The Morgan fingerprint density at radius 1 is 1.17 bits per heavy atom. The fourth-order valence-electron chi connectivity index (χ4n) is 2.01.